The number of nitrogens with two attached hydrogens (primary N) is 1. The Hall–Kier alpha value is -0.340. The molecule has 0 amide bonds. The van der Waals surface area contributed by atoms with E-state index in [1.165, 1.54) is 0 Å². The van der Waals surface area contributed by atoms with Crippen LogP contribution in [0.1, 0.15) is 40.5 Å². The predicted octanol–water partition coefficient (Wildman–Crippen LogP) is 2.47. The van der Waals surface area contributed by atoms with Crippen LogP contribution >= 0.6 is 0 Å². The summed E-state index contributed by atoms with van der Waals surface area (Å²) in [5, 5.41) is 0. The Kier molecular flexibility index (Phi) is 5.26. The van der Waals surface area contributed by atoms with Crippen molar-refractivity contribution in [2.75, 3.05) is 0 Å². The fourth-order valence-electron chi connectivity index (χ4n) is 1.21. The highest BCUT2D eigenvalue weighted by molar-refractivity contribution is 4.81. The van der Waals surface area contributed by atoms with Gasteiger partial charge in [0.05, 0.1) is 0 Å². The first-order chi connectivity index (χ1) is 5.91. The van der Waals surface area contributed by atoms with Crippen molar-refractivity contribution in [1.82, 2.24) is 5.43 Å². The fourth-order valence-corrected chi connectivity index (χ4v) is 1.21. The van der Waals surface area contributed by atoms with Crippen molar-refractivity contribution in [1.29, 1.82) is 0 Å². The zero-order valence-electron chi connectivity index (χ0n) is 9.43. The van der Waals surface area contributed by atoms with Gasteiger partial charge in [0.1, 0.15) is 0 Å². The summed E-state index contributed by atoms with van der Waals surface area (Å²) in [6, 6.07) is 0.367. The highest BCUT2D eigenvalue weighted by Gasteiger charge is 2.22. The third-order valence-electron chi connectivity index (χ3n) is 2.80. The van der Waals surface area contributed by atoms with Crippen molar-refractivity contribution >= 4 is 0 Å². The van der Waals surface area contributed by atoms with E-state index < -0.39 is 0 Å². The van der Waals surface area contributed by atoms with Gasteiger partial charge in [-0.2, -0.15) is 0 Å². The van der Waals surface area contributed by atoms with Gasteiger partial charge in [0.2, 0.25) is 0 Å². The Morgan fingerprint density at radius 2 is 2.00 bits per heavy atom. The molecule has 78 valence electrons. The number of nitrogens with one attached hydrogen (secondary N) is 1. The lowest BCUT2D eigenvalue weighted by Crippen LogP contribution is -2.37. The van der Waals surface area contributed by atoms with E-state index in [9.17, 15) is 0 Å². The van der Waals surface area contributed by atoms with Gasteiger partial charge in [-0.15, -0.1) is 6.58 Å². The van der Waals surface area contributed by atoms with Gasteiger partial charge in [-0.1, -0.05) is 33.8 Å². The van der Waals surface area contributed by atoms with E-state index in [2.05, 4.69) is 39.7 Å². The van der Waals surface area contributed by atoms with Gasteiger partial charge >= 0.3 is 0 Å². The van der Waals surface area contributed by atoms with Crippen LogP contribution in [0, 0.1) is 11.3 Å². The van der Waals surface area contributed by atoms with Crippen LogP contribution < -0.4 is 11.3 Å². The molecule has 0 aliphatic carbocycles. The van der Waals surface area contributed by atoms with E-state index in [0.29, 0.717) is 17.4 Å². The average molecular weight is 184 g/mol. The smallest absolute Gasteiger partial charge is 0.0247 e. The summed E-state index contributed by atoms with van der Waals surface area (Å²) in [4.78, 5) is 0. The van der Waals surface area contributed by atoms with Gasteiger partial charge in [0.15, 0.2) is 0 Å². The molecule has 2 heteroatoms. The van der Waals surface area contributed by atoms with Gasteiger partial charge in [-0.3, -0.25) is 11.3 Å². The van der Waals surface area contributed by atoms with Crippen LogP contribution in [-0.4, -0.2) is 6.04 Å². The first kappa shape index (κ1) is 12.7. The molecule has 0 heterocycles. The molecule has 2 atom stereocenters. The highest BCUT2D eigenvalue weighted by atomic mass is 15.2. The third-order valence-corrected chi connectivity index (χ3v) is 2.80. The first-order valence-corrected chi connectivity index (χ1v) is 4.98. The van der Waals surface area contributed by atoms with Gasteiger partial charge in [0.25, 0.3) is 0 Å². The Morgan fingerprint density at radius 1 is 1.46 bits per heavy atom. The van der Waals surface area contributed by atoms with Crippen LogP contribution in [0.5, 0.6) is 0 Å². The van der Waals surface area contributed by atoms with E-state index in [1.54, 1.807) is 0 Å². The van der Waals surface area contributed by atoms with E-state index >= 15 is 0 Å². The van der Waals surface area contributed by atoms with E-state index in [0.717, 1.165) is 12.8 Å². The van der Waals surface area contributed by atoms with Crippen molar-refractivity contribution < 1.29 is 0 Å². The maximum Gasteiger partial charge on any atom is 0.0247 e. The maximum atomic E-state index is 5.45. The second-order valence-corrected chi connectivity index (χ2v) is 4.89. The monoisotopic (exact) mass is 184 g/mol. The quantitative estimate of drug-likeness (QED) is 0.391. The maximum absolute atomic E-state index is 5.45. The molecule has 0 aliphatic rings. The topological polar surface area (TPSA) is 38.0 Å². The normalized spacial score (nSPS) is 16.7. The molecule has 3 N–H and O–H groups in total. The molecule has 0 aromatic carbocycles. The number of rotatable bonds is 5. The van der Waals surface area contributed by atoms with Crippen LogP contribution in [0.4, 0.5) is 0 Å². The summed E-state index contributed by atoms with van der Waals surface area (Å²) in [5.41, 5.74) is 3.19. The molecule has 0 saturated heterocycles. The SMILES string of the molecule is C=CCC(CC(C)C(C)(C)C)NN. The molecule has 0 radical (unpaired) electrons. The molecule has 0 bridgehead atoms. The second-order valence-electron chi connectivity index (χ2n) is 4.89. The van der Waals surface area contributed by atoms with E-state index in [4.69, 9.17) is 5.84 Å². The van der Waals surface area contributed by atoms with Gasteiger partial charge in [0, 0.05) is 6.04 Å². The van der Waals surface area contributed by atoms with Crippen molar-refractivity contribution in [3.05, 3.63) is 12.7 Å². The minimum atomic E-state index is 0.357. The molecule has 0 rings (SSSR count). The first-order valence-electron chi connectivity index (χ1n) is 4.98. The Bertz CT molecular complexity index is 147. The summed E-state index contributed by atoms with van der Waals surface area (Å²) >= 11 is 0. The lowest BCUT2D eigenvalue weighted by molar-refractivity contribution is 0.223. The standard InChI is InChI=1S/C11H24N2/c1-6-7-10(13-12)8-9(2)11(3,4)5/h6,9-10,13H,1,7-8,12H2,2-5H3. The lowest BCUT2D eigenvalue weighted by atomic mass is 9.78. The molecule has 0 aliphatic heterocycles. The van der Waals surface area contributed by atoms with Gasteiger partial charge in [-0.05, 0) is 24.2 Å². The minimum Gasteiger partial charge on any atom is -0.271 e. The molecular formula is C11H24N2. The summed E-state index contributed by atoms with van der Waals surface area (Å²) in [5.74, 6) is 6.11. The van der Waals surface area contributed by atoms with Crippen LogP contribution in [-0.2, 0) is 0 Å². The Labute approximate surface area is 82.6 Å². The Balaban J connectivity index is 4.00. The molecule has 0 saturated carbocycles. The van der Waals surface area contributed by atoms with E-state index in [-0.39, 0.29) is 0 Å². The minimum absolute atomic E-state index is 0.357. The van der Waals surface area contributed by atoms with Crippen molar-refractivity contribution in [2.45, 2.75) is 46.6 Å². The van der Waals surface area contributed by atoms with Gasteiger partial charge in [-0.25, -0.2) is 0 Å². The second kappa shape index (κ2) is 5.40. The summed E-state index contributed by atoms with van der Waals surface area (Å²) in [6.07, 6.45) is 3.96. The molecule has 0 fully saturated rings. The van der Waals surface area contributed by atoms with E-state index in [1.807, 2.05) is 6.08 Å². The molecule has 0 aromatic heterocycles. The molecule has 2 unspecified atom stereocenters. The molecule has 0 spiro atoms. The van der Waals surface area contributed by atoms with Crippen LogP contribution in [0.2, 0.25) is 0 Å². The summed E-state index contributed by atoms with van der Waals surface area (Å²) < 4.78 is 0. The zero-order chi connectivity index (χ0) is 10.5. The third kappa shape index (κ3) is 5.06. The summed E-state index contributed by atoms with van der Waals surface area (Å²) in [7, 11) is 0. The lowest BCUT2D eigenvalue weighted by Gasteiger charge is -2.30. The number of hydrogen-bond acceptors (Lipinski definition) is 2. The number of hydrogen-bond donors (Lipinski definition) is 2. The Morgan fingerprint density at radius 3 is 2.31 bits per heavy atom. The van der Waals surface area contributed by atoms with Crippen molar-refractivity contribution in [3.63, 3.8) is 0 Å². The fraction of sp³-hybridized carbons (Fsp3) is 0.818. The van der Waals surface area contributed by atoms with Crippen LogP contribution in [0.15, 0.2) is 12.7 Å². The van der Waals surface area contributed by atoms with Crippen LogP contribution in [0.25, 0.3) is 0 Å². The molecular weight excluding hydrogens is 160 g/mol. The molecule has 2 nitrogen and oxygen atoms in total. The average Bonchev–Trinajstić information content (AvgIpc) is 2.01. The van der Waals surface area contributed by atoms with Crippen molar-refractivity contribution in [3.8, 4) is 0 Å². The summed E-state index contributed by atoms with van der Waals surface area (Å²) in [6.45, 7) is 12.8. The van der Waals surface area contributed by atoms with Gasteiger partial charge < -0.3 is 0 Å². The largest absolute Gasteiger partial charge is 0.271 e. The zero-order valence-corrected chi connectivity index (χ0v) is 9.43. The highest BCUT2D eigenvalue weighted by Crippen LogP contribution is 2.29. The van der Waals surface area contributed by atoms with Crippen molar-refractivity contribution in [2.24, 2.45) is 17.2 Å². The van der Waals surface area contributed by atoms with Crippen LogP contribution in [0.3, 0.4) is 0 Å². The number of hydrazine groups is 1. The predicted molar refractivity (Wildman–Crippen MR) is 59.2 cm³/mol. The molecule has 0 aromatic rings. The molecule has 13 heavy (non-hydrogen) atoms.